The zero-order valence-electron chi connectivity index (χ0n) is 11.2. The van der Waals surface area contributed by atoms with Crippen molar-refractivity contribution in [2.45, 2.75) is 23.6 Å². The maximum absolute atomic E-state index is 5.89. The Balaban J connectivity index is 2.01. The molecule has 0 saturated carbocycles. The van der Waals surface area contributed by atoms with Gasteiger partial charge in [-0.15, -0.1) is 11.8 Å². The van der Waals surface area contributed by atoms with Gasteiger partial charge < -0.3 is 5.32 Å². The minimum Gasteiger partial charge on any atom is -0.313 e. The maximum atomic E-state index is 5.89. The Morgan fingerprint density at radius 3 is 2.58 bits per heavy atom. The van der Waals surface area contributed by atoms with Gasteiger partial charge in [0.15, 0.2) is 0 Å². The summed E-state index contributed by atoms with van der Waals surface area (Å²) < 4.78 is 0. The molecule has 0 bridgehead atoms. The average Bonchev–Trinajstić information content (AvgIpc) is 2.46. The molecule has 0 amide bonds. The summed E-state index contributed by atoms with van der Waals surface area (Å²) in [6, 6.07) is 17.1. The summed E-state index contributed by atoms with van der Waals surface area (Å²) in [5.74, 6) is 0.967. The summed E-state index contributed by atoms with van der Waals surface area (Å²) in [4.78, 5) is 1.30. The largest absolute Gasteiger partial charge is 0.313 e. The number of nitrogens with one attached hydrogen (secondary N) is 1. The van der Waals surface area contributed by atoms with E-state index in [0.29, 0.717) is 6.04 Å². The fourth-order valence-corrected chi connectivity index (χ4v) is 2.83. The summed E-state index contributed by atoms with van der Waals surface area (Å²) in [5, 5.41) is 4.05. The van der Waals surface area contributed by atoms with Crippen LogP contribution in [0, 0.1) is 0 Å². The van der Waals surface area contributed by atoms with Crippen LogP contribution in [-0.4, -0.2) is 7.05 Å². The van der Waals surface area contributed by atoms with Crippen LogP contribution >= 0.6 is 23.4 Å². The molecule has 0 radical (unpaired) electrons. The number of halogens is 1. The van der Waals surface area contributed by atoms with Gasteiger partial charge in [-0.05, 0) is 49.4 Å². The van der Waals surface area contributed by atoms with Gasteiger partial charge in [0.1, 0.15) is 0 Å². The monoisotopic (exact) mass is 291 g/mol. The second-order valence-electron chi connectivity index (χ2n) is 4.50. The molecule has 2 rings (SSSR count). The van der Waals surface area contributed by atoms with E-state index in [2.05, 4.69) is 48.6 Å². The summed E-state index contributed by atoms with van der Waals surface area (Å²) in [6.45, 7) is 2.17. The molecule has 100 valence electrons. The lowest BCUT2D eigenvalue weighted by Crippen LogP contribution is -2.11. The van der Waals surface area contributed by atoms with Gasteiger partial charge in [-0.1, -0.05) is 35.9 Å². The van der Waals surface area contributed by atoms with E-state index in [1.165, 1.54) is 16.0 Å². The van der Waals surface area contributed by atoms with E-state index in [0.717, 1.165) is 10.8 Å². The highest BCUT2D eigenvalue weighted by atomic mass is 35.5. The van der Waals surface area contributed by atoms with Crippen molar-refractivity contribution >= 4 is 23.4 Å². The first-order valence-electron chi connectivity index (χ1n) is 6.33. The topological polar surface area (TPSA) is 12.0 Å². The highest BCUT2D eigenvalue weighted by Crippen LogP contribution is 2.26. The molecule has 0 saturated heterocycles. The number of rotatable bonds is 5. The van der Waals surface area contributed by atoms with E-state index in [1.54, 1.807) is 0 Å². The fourth-order valence-electron chi connectivity index (χ4n) is 1.79. The molecule has 2 aromatic carbocycles. The van der Waals surface area contributed by atoms with Crippen LogP contribution in [0.15, 0.2) is 53.4 Å². The van der Waals surface area contributed by atoms with Gasteiger partial charge in [0.05, 0.1) is 0 Å². The van der Waals surface area contributed by atoms with Gasteiger partial charge in [-0.25, -0.2) is 0 Å². The van der Waals surface area contributed by atoms with Crippen molar-refractivity contribution in [1.29, 1.82) is 0 Å². The lowest BCUT2D eigenvalue weighted by molar-refractivity contribution is 0.651. The predicted octanol–water partition coefficient (Wildman–Crippen LogP) is 4.91. The highest BCUT2D eigenvalue weighted by molar-refractivity contribution is 7.98. The lowest BCUT2D eigenvalue weighted by Gasteiger charge is -2.11. The first-order valence-corrected chi connectivity index (χ1v) is 7.70. The highest BCUT2D eigenvalue weighted by Gasteiger charge is 2.03. The van der Waals surface area contributed by atoms with Gasteiger partial charge in [-0.3, -0.25) is 0 Å². The average molecular weight is 292 g/mol. The van der Waals surface area contributed by atoms with Crippen molar-refractivity contribution in [3.8, 4) is 0 Å². The van der Waals surface area contributed by atoms with E-state index in [1.807, 2.05) is 30.9 Å². The standard InChI is InChI=1S/C16H18ClNS/c1-12(18-2)14-4-3-5-16(10-14)19-11-13-6-8-15(17)9-7-13/h3-10,12,18H,11H2,1-2H3. The Morgan fingerprint density at radius 1 is 1.16 bits per heavy atom. The third kappa shape index (κ3) is 4.27. The van der Waals surface area contributed by atoms with Crippen molar-refractivity contribution in [3.05, 3.63) is 64.7 Å². The summed E-state index contributed by atoms with van der Waals surface area (Å²) >= 11 is 7.74. The van der Waals surface area contributed by atoms with Gasteiger partial charge in [0.2, 0.25) is 0 Å². The third-order valence-electron chi connectivity index (χ3n) is 3.11. The maximum Gasteiger partial charge on any atom is 0.0406 e. The van der Waals surface area contributed by atoms with Gasteiger partial charge >= 0.3 is 0 Å². The molecule has 1 unspecified atom stereocenters. The van der Waals surface area contributed by atoms with E-state index < -0.39 is 0 Å². The number of hydrogen-bond donors (Lipinski definition) is 1. The molecule has 2 aromatic rings. The molecule has 19 heavy (non-hydrogen) atoms. The zero-order chi connectivity index (χ0) is 13.7. The SMILES string of the molecule is CNC(C)c1cccc(SCc2ccc(Cl)cc2)c1. The van der Waals surface area contributed by atoms with Crippen LogP contribution in [0.25, 0.3) is 0 Å². The number of benzene rings is 2. The number of hydrogen-bond acceptors (Lipinski definition) is 2. The van der Waals surface area contributed by atoms with E-state index in [9.17, 15) is 0 Å². The van der Waals surface area contributed by atoms with Crippen LogP contribution in [0.1, 0.15) is 24.1 Å². The molecule has 1 N–H and O–H groups in total. The molecule has 0 aliphatic carbocycles. The van der Waals surface area contributed by atoms with Gasteiger partial charge in [-0.2, -0.15) is 0 Å². The van der Waals surface area contributed by atoms with Crippen LogP contribution in [0.2, 0.25) is 5.02 Å². The van der Waals surface area contributed by atoms with Gasteiger partial charge in [0.25, 0.3) is 0 Å². The minimum absolute atomic E-state index is 0.385. The summed E-state index contributed by atoms with van der Waals surface area (Å²) in [7, 11) is 1.98. The molecule has 0 fully saturated rings. The Morgan fingerprint density at radius 2 is 1.89 bits per heavy atom. The normalized spacial score (nSPS) is 12.4. The summed E-state index contributed by atoms with van der Waals surface area (Å²) in [6.07, 6.45) is 0. The van der Waals surface area contributed by atoms with E-state index in [-0.39, 0.29) is 0 Å². The van der Waals surface area contributed by atoms with Crippen molar-refractivity contribution in [1.82, 2.24) is 5.32 Å². The van der Waals surface area contributed by atoms with E-state index >= 15 is 0 Å². The van der Waals surface area contributed by atoms with Crippen LogP contribution in [0.4, 0.5) is 0 Å². The number of thioether (sulfide) groups is 1. The third-order valence-corrected chi connectivity index (χ3v) is 4.43. The molecule has 3 heteroatoms. The molecule has 0 aliphatic heterocycles. The van der Waals surface area contributed by atoms with Crippen molar-refractivity contribution < 1.29 is 0 Å². The molecule has 0 spiro atoms. The molecule has 0 aliphatic rings. The molecule has 0 heterocycles. The van der Waals surface area contributed by atoms with Crippen LogP contribution < -0.4 is 5.32 Å². The lowest BCUT2D eigenvalue weighted by atomic mass is 10.1. The Bertz CT molecular complexity index is 525. The molecule has 1 atom stereocenters. The zero-order valence-corrected chi connectivity index (χ0v) is 12.8. The smallest absolute Gasteiger partial charge is 0.0406 e. The molecular formula is C16H18ClNS. The predicted molar refractivity (Wildman–Crippen MR) is 84.9 cm³/mol. The Kier molecular flexibility index (Phi) is 5.32. The second-order valence-corrected chi connectivity index (χ2v) is 5.98. The van der Waals surface area contributed by atoms with Crippen LogP contribution in [-0.2, 0) is 5.75 Å². The van der Waals surface area contributed by atoms with Crippen LogP contribution in [0.3, 0.4) is 0 Å². The van der Waals surface area contributed by atoms with Gasteiger partial charge in [0, 0.05) is 21.7 Å². The van der Waals surface area contributed by atoms with Crippen molar-refractivity contribution in [2.75, 3.05) is 7.05 Å². The molecular weight excluding hydrogens is 274 g/mol. The fraction of sp³-hybridized carbons (Fsp3) is 0.250. The quantitative estimate of drug-likeness (QED) is 0.785. The first-order chi connectivity index (χ1) is 9.19. The summed E-state index contributed by atoms with van der Waals surface area (Å²) in [5.41, 5.74) is 2.62. The van der Waals surface area contributed by atoms with Crippen molar-refractivity contribution in [2.24, 2.45) is 0 Å². The second kappa shape index (κ2) is 6.99. The molecule has 0 aromatic heterocycles. The Labute approximate surface area is 124 Å². The van der Waals surface area contributed by atoms with Crippen LogP contribution in [0.5, 0.6) is 0 Å². The Hall–Kier alpha value is -0.960. The van der Waals surface area contributed by atoms with E-state index in [4.69, 9.17) is 11.6 Å². The van der Waals surface area contributed by atoms with Crippen molar-refractivity contribution in [3.63, 3.8) is 0 Å². The minimum atomic E-state index is 0.385. The molecule has 1 nitrogen and oxygen atoms in total. The first kappa shape index (κ1) is 14.4.